The zero-order valence-electron chi connectivity index (χ0n) is 14.0. The molecule has 0 amide bonds. The Balaban J connectivity index is 1.80. The minimum Gasteiger partial charge on any atom is -0.367 e. The Morgan fingerprint density at radius 2 is 1.67 bits per heavy atom. The van der Waals surface area contributed by atoms with Crippen molar-refractivity contribution in [3.8, 4) is 0 Å². The second-order valence-electron chi connectivity index (χ2n) is 8.61. The van der Waals surface area contributed by atoms with Crippen molar-refractivity contribution in [3.63, 3.8) is 0 Å². The molecule has 3 nitrogen and oxygen atoms in total. The fourth-order valence-electron chi connectivity index (χ4n) is 4.79. The number of nitrogens with zero attached hydrogens (tertiary/aromatic N) is 2. The second kappa shape index (κ2) is 5.26. The van der Waals surface area contributed by atoms with Crippen molar-refractivity contribution >= 4 is 5.82 Å². The van der Waals surface area contributed by atoms with Gasteiger partial charge in [-0.2, -0.15) is 0 Å². The van der Waals surface area contributed by atoms with Crippen molar-refractivity contribution in [1.29, 1.82) is 0 Å². The van der Waals surface area contributed by atoms with Gasteiger partial charge >= 0.3 is 0 Å². The van der Waals surface area contributed by atoms with E-state index in [4.69, 9.17) is 0 Å². The van der Waals surface area contributed by atoms with Crippen LogP contribution in [0.15, 0.2) is 6.33 Å². The lowest BCUT2D eigenvalue weighted by Crippen LogP contribution is -2.40. The fraction of sp³-hybridized carbons (Fsp3) is 0.778. The largest absolute Gasteiger partial charge is 0.367 e. The number of nitrogens with one attached hydrogen (secondary N) is 1. The molecule has 0 unspecified atom stereocenters. The van der Waals surface area contributed by atoms with Gasteiger partial charge in [-0.05, 0) is 55.8 Å². The zero-order chi connectivity index (χ0) is 15.1. The molecule has 1 aromatic rings. The summed E-state index contributed by atoms with van der Waals surface area (Å²) in [4.78, 5) is 9.04. The predicted molar refractivity (Wildman–Crippen MR) is 87.5 cm³/mol. The molecule has 1 saturated carbocycles. The van der Waals surface area contributed by atoms with E-state index < -0.39 is 0 Å². The van der Waals surface area contributed by atoms with Crippen molar-refractivity contribution < 1.29 is 0 Å². The highest BCUT2D eigenvalue weighted by atomic mass is 15.0. The first-order chi connectivity index (χ1) is 9.85. The number of hydrogen-bond acceptors (Lipinski definition) is 3. The summed E-state index contributed by atoms with van der Waals surface area (Å²) in [5.41, 5.74) is 3.47. The maximum absolute atomic E-state index is 4.56. The lowest BCUT2D eigenvalue weighted by atomic mass is 9.63. The smallest absolute Gasteiger partial charge is 0.133 e. The first-order valence-electron chi connectivity index (χ1n) is 8.44. The van der Waals surface area contributed by atoms with Gasteiger partial charge in [0.25, 0.3) is 0 Å². The molecule has 1 aromatic heterocycles. The number of aryl methyl sites for hydroxylation is 1. The molecule has 2 aliphatic carbocycles. The van der Waals surface area contributed by atoms with Crippen LogP contribution >= 0.6 is 0 Å². The van der Waals surface area contributed by atoms with Crippen molar-refractivity contribution in [2.45, 2.75) is 78.7 Å². The van der Waals surface area contributed by atoms with Gasteiger partial charge in [-0.1, -0.05) is 27.7 Å². The number of fused-ring (bicyclic) bond motifs is 1. The third kappa shape index (κ3) is 3.38. The highest BCUT2D eigenvalue weighted by Crippen LogP contribution is 2.46. The van der Waals surface area contributed by atoms with Crippen LogP contribution in [-0.2, 0) is 12.8 Å². The molecule has 1 heterocycles. The monoisotopic (exact) mass is 287 g/mol. The van der Waals surface area contributed by atoms with Gasteiger partial charge < -0.3 is 5.32 Å². The fourth-order valence-corrected chi connectivity index (χ4v) is 4.79. The summed E-state index contributed by atoms with van der Waals surface area (Å²) < 4.78 is 0. The highest BCUT2D eigenvalue weighted by molar-refractivity contribution is 5.47. The molecule has 21 heavy (non-hydrogen) atoms. The Kier molecular flexibility index (Phi) is 3.71. The van der Waals surface area contributed by atoms with E-state index in [0.717, 1.165) is 18.7 Å². The molecule has 0 aromatic carbocycles. The zero-order valence-corrected chi connectivity index (χ0v) is 14.0. The van der Waals surface area contributed by atoms with Crippen LogP contribution < -0.4 is 5.32 Å². The molecule has 3 heteroatoms. The molecule has 3 rings (SSSR count). The Labute approximate surface area is 129 Å². The summed E-state index contributed by atoms with van der Waals surface area (Å²) in [6.07, 6.45) is 10.3. The summed E-state index contributed by atoms with van der Waals surface area (Å²) in [6.45, 7) is 9.60. The maximum atomic E-state index is 4.56. The van der Waals surface area contributed by atoms with Crippen LogP contribution in [0, 0.1) is 10.8 Å². The standard InChI is InChI=1S/C18H29N3/c1-17(2)9-13(10-18(3,4)11-17)21-16-14-7-5-6-8-15(14)19-12-20-16/h12-13H,5-11H2,1-4H3,(H,19,20,21). The van der Waals surface area contributed by atoms with Crippen LogP contribution in [0.5, 0.6) is 0 Å². The number of hydrogen-bond donors (Lipinski definition) is 1. The van der Waals surface area contributed by atoms with Gasteiger partial charge in [0.05, 0.1) is 0 Å². The van der Waals surface area contributed by atoms with Crippen LogP contribution in [0.2, 0.25) is 0 Å². The summed E-state index contributed by atoms with van der Waals surface area (Å²) in [5, 5.41) is 3.77. The van der Waals surface area contributed by atoms with Crippen LogP contribution in [-0.4, -0.2) is 16.0 Å². The Morgan fingerprint density at radius 1 is 1.00 bits per heavy atom. The first-order valence-corrected chi connectivity index (χ1v) is 8.44. The van der Waals surface area contributed by atoms with E-state index >= 15 is 0 Å². The molecule has 1 fully saturated rings. The van der Waals surface area contributed by atoms with Crippen LogP contribution in [0.3, 0.4) is 0 Å². The highest BCUT2D eigenvalue weighted by Gasteiger charge is 2.38. The van der Waals surface area contributed by atoms with Gasteiger partial charge in [0.15, 0.2) is 0 Å². The molecular weight excluding hydrogens is 258 g/mol. The molecule has 0 radical (unpaired) electrons. The van der Waals surface area contributed by atoms with Gasteiger partial charge in [0.2, 0.25) is 0 Å². The molecule has 0 atom stereocenters. The Bertz CT molecular complexity index is 503. The number of anilines is 1. The number of rotatable bonds is 2. The lowest BCUT2D eigenvalue weighted by Gasteiger charge is -2.45. The van der Waals surface area contributed by atoms with E-state index in [-0.39, 0.29) is 0 Å². The molecule has 2 aliphatic rings. The minimum absolute atomic E-state index is 0.409. The summed E-state index contributed by atoms with van der Waals surface area (Å²) in [6, 6.07) is 0.532. The second-order valence-corrected chi connectivity index (χ2v) is 8.61. The van der Waals surface area contributed by atoms with Crippen molar-refractivity contribution in [2.75, 3.05) is 5.32 Å². The van der Waals surface area contributed by atoms with E-state index in [0.29, 0.717) is 16.9 Å². The average molecular weight is 287 g/mol. The van der Waals surface area contributed by atoms with Crippen molar-refractivity contribution in [3.05, 3.63) is 17.6 Å². The molecule has 116 valence electrons. The van der Waals surface area contributed by atoms with Crippen molar-refractivity contribution in [1.82, 2.24) is 9.97 Å². The third-order valence-corrected chi connectivity index (χ3v) is 5.02. The topological polar surface area (TPSA) is 37.8 Å². The summed E-state index contributed by atoms with van der Waals surface area (Å²) >= 11 is 0. The van der Waals surface area contributed by atoms with Gasteiger partial charge in [-0.25, -0.2) is 9.97 Å². The normalized spacial score (nSPS) is 24.4. The molecular formula is C18H29N3. The molecule has 0 saturated heterocycles. The van der Waals surface area contributed by atoms with Crippen LogP contribution in [0.4, 0.5) is 5.82 Å². The molecule has 0 spiro atoms. The minimum atomic E-state index is 0.409. The SMILES string of the molecule is CC1(C)CC(Nc2ncnc3c2CCCC3)CC(C)(C)C1. The van der Waals surface area contributed by atoms with E-state index in [1.54, 1.807) is 6.33 Å². The molecule has 0 aliphatic heterocycles. The van der Waals surface area contributed by atoms with E-state index in [9.17, 15) is 0 Å². The summed E-state index contributed by atoms with van der Waals surface area (Å²) in [7, 11) is 0. The third-order valence-electron chi connectivity index (χ3n) is 5.02. The lowest BCUT2D eigenvalue weighted by molar-refractivity contribution is 0.105. The Morgan fingerprint density at radius 3 is 2.38 bits per heavy atom. The summed E-state index contributed by atoms with van der Waals surface area (Å²) in [5.74, 6) is 1.11. The molecule has 0 bridgehead atoms. The van der Waals surface area contributed by atoms with E-state index in [2.05, 4.69) is 43.0 Å². The van der Waals surface area contributed by atoms with Crippen LogP contribution in [0.25, 0.3) is 0 Å². The molecule has 1 N–H and O–H groups in total. The average Bonchev–Trinajstić information content (AvgIpc) is 2.35. The van der Waals surface area contributed by atoms with Gasteiger partial charge in [-0.15, -0.1) is 0 Å². The van der Waals surface area contributed by atoms with E-state index in [1.165, 1.54) is 43.4 Å². The van der Waals surface area contributed by atoms with Gasteiger partial charge in [0.1, 0.15) is 12.1 Å². The van der Waals surface area contributed by atoms with Gasteiger partial charge in [-0.3, -0.25) is 0 Å². The van der Waals surface area contributed by atoms with E-state index in [1.807, 2.05) is 0 Å². The number of aromatic nitrogens is 2. The maximum Gasteiger partial charge on any atom is 0.133 e. The first kappa shape index (κ1) is 14.8. The Hall–Kier alpha value is -1.12. The van der Waals surface area contributed by atoms with Crippen molar-refractivity contribution in [2.24, 2.45) is 10.8 Å². The van der Waals surface area contributed by atoms with Crippen LogP contribution in [0.1, 0.15) is 71.1 Å². The predicted octanol–water partition coefficient (Wildman–Crippen LogP) is 4.37. The van der Waals surface area contributed by atoms with Gasteiger partial charge in [0, 0.05) is 17.3 Å². The quantitative estimate of drug-likeness (QED) is 0.877.